The van der Waals surface area contributed by atoms with Crippen molar-refractivity contribution in [3.8, 4) is 0 Å². The number of hydrogen-bond donors (Lipinski definition) is 6. The van der Waals surface area contributed by atoms with E-state index in [-0.39, 0.29) is 85.9 Å². The van der Waals surface area contributed by atoms with E-state index < -0.39 is 56.7 Å². The van der Waals surface area contributed by atoms with Crippen molar-refractivity contribution in [3.05, 3.63) is 35.9 Å². The minimum atomic E-state index is -0.946. The molecule has 47 heavy (non-hydrogen) atoms. The molecule has 274 valence electrons. The molecule has 0 bridgehead atoms. The van der Waals surface area contributed by atoms with Gasteiger partial charge in [-0.05, 0) is 24.8 Å². The average Bonchev–Trinajstić information content (AvgIpc) is 3.10. The lowest BCUT2D eigenvalue weighted by atomic mass is 9.92. The normalized spacial score (nSPS) is 12.8. The van der Waals surface area contributed by atoms with Gasteiger partial charge in [0.15, 0.2) is 0 Å². The molecule has 0 radical (unpaired) electrons. The van der Waals surface area contributed by atoms with Gasteiger partial charge in [0.05, 0.1) is 82.8 Å². The summed E-state index contributed by atoms with van der Waals surface area (Å²) in [6.07, 6.45) is 1.19. The average molecular weight is 683 g/mol. The van der Waals surface area contributed by atoms with Gasteiger partial charge in [-0.3, -0.25) is 4.79 Å². The minimum absolute atomic E-state index is 0.0121. The third kappa shape index (κ3) is 19.7. The highest BCUT2D eigenvalue weighted by molar-refractivity contribution is 5.72. The van der Waals surface area contributed by atoms with Crippen LogP contribution in [0.4, 0.5) is 0 Å². The van der Waals surface area contributed by atoms with E-state index in [1.807, 2.05) is 30.3 Å². The molecule has 0 aliphatic carbocycles. The van der Waals surface area contributed by atoms with Crippen molar-refractivity contribution in [2.45, 2.75) is 25.9 Å². The van der Waals surface area contributed by atoms with Gasteiger partial charge in [0.2, 0.25) is 0 Å². The van der Waals surface area contributed by atoms with Crippen LogP contribution in [-0.2, 0) is 54.0 Å². The van der Waals surface area contributed by atoms with Gasteiger partial charge in [-0.25, -0.2) is 0 Å². The summed E-state index contributed by atoms with van der Waals surface area (Å²) in [5, 5.41) is 54.9. The first-order valence-electron chi connectivity index (χ1n) is 15.4. The number of benzene rings is 1. The Labute approximate surface area is 276 Å². The topological polar surface area (TPSA) is 222 Å². The maximum absolute atomic E-state index is 13.2. The largest absolute Gasteiger partial charge is 0.461 e. The second-order valence-electron chi connectivity index (χ2n) is 11.0. The molecule has 0 saturated carbocycles. The van der Waals surface area contributed by atoms with Gasteiger partial charge in [-0.2, -0.15) is 0 Å². The maximum Gasteiger partial charge on any atom is 0.309 e. The minimum Gasteiger partial charge on any atom is -0.461 e. The highest BCUT2D eigenvalue weighted by atomic mass is 16.6. The number of ether oxygens (including phenoxy) is 9. The van der Waals surface area contributed by atoms with E-state index in [1.165, 1.54) is 0 Å². The van der Waals surface area contributed by atoms with Crippen molar-refractivity contribution in [3.63, 3.8) is 0 Å². The lowest BCUT2D eigenvalue weighted by Gasteiger charge is -2.32. The van der Waals surface area contributed by atoms with E-state index in [1.54, 1.807) is 0 Å². The predicted octanol–water partition coefficient (Wildman–Crippen LogP) is -0.637. The summed E-state index contributed by atoms with van der Waals surface area (Å²) in [5.41, 5.74) is -0.970. The quantitative estimate of drug-likeness (QED) is 0.0308. The zero-order valence-electron chi connectivity index (χ0n) is 27.1. The first-order valence-corrected chi connectivity index (χ1v) is 15.4. The standard InChI is InChI=1S/C31H54O16/c32-9-12-41-16-30(17-42-22-33,18-43-23-34)14-39-10-4-7-28(29(38)47-13-27-5-2-1-3-6-27)8-11-40-15-31(19-44-24-35,20-45-25-36)21-46-26-37/h1-3,5-6,28,32-37H,4,7-26H2. The molecule has 0 aliphatic heterocycles. The zero-order chi connectivity index (χ0) is 34.5. The molecule has 1 rings (SSSR count). The lowest BCUT2D eigenvalue weighted by molar-refractivity contribution is -0.157. The van der Waals surface area contributed by atoms with Crippen molar-refractivity contribution in [1.29, 1.82) is 0 Å². The van der Waals surface area contributed by atoms with Crippen LogP contribution in [0.5, 0.6) is 0 Å². The Balaban J connectivity index is 2.84. The Bertz CT molecular complexity index is 831. The van der Waals surface area contributed by atoms with Crippen molar-refractivity contribution in [2.24, 2.45) is 16.7 Å². The number of hydrogen-bond acceptors (Lipinski definition) is 16. The third-order valence-electron chi connectivity index (χ3n) is 6.97. The lowest BCUT2D eigenvalue weighted by Crippen LogP contribution is -2.42. The second kappa shape index (κ2) is 28.0. The fourth-order valence-electron chi connectivity index (χ4n) is 4.63. The smallest absolute Gasteiger partial charge is 0.309 e. The second-order valence-corrected chi connectivity index (χ2v) is 11.0. The Hall–Kier alpha value is -1.87. The fourth-order valence-corrected chi connectivity index (χ4v) is 4.63. The predicted molar refractivity (Wildman–Crippen MR) is 163 cm³/mol. The number of rotatable bonds is 33. The van der Waals surface area contributed by atoms with Crippen LogP contribution in [0.25, 0.3) is 0 Å². The Morgan fingerprint density at radius 3 is 1.43 bits per heavy atom. The molecule has 0 saturated heterocycles. The molecule has 0 fully saturated rings. The summed E-state index contributed by atoms with van der Waals surface area (Å²) >= 11 is 0. The van der Waals surface area contributed by atoms with Crippen LogP contribution in [0.1, 0.15) is 24.8 Å². The van der Waals surface area contributed by atoms with Crippen LogP contribution in [0, 0.1) is 16.7 Å². The van der Waals surface area contributed by atoms with Gasteiger partial charge in [0.25, 0.3) is 0 Å². The summed E-state index contributed by atoms with van der Waals surface area (Å²) < 4.78 is 48.8. The third-order valence-corrected chi connectivity index (χ3v) is 6.97. The number of carbonyl (C=O) groups is 1. The van der Waals surface area contributed by atoms with E-state index in [2.05, 4.69) is 0 Å². The van der Waals surface area contributed by atoms with E-state index in [0.29, 0.717) is 19.3 Å². The molecule has 1 unspecified atom stereocenters. The van der Waals surface area contributed by atoms with Gasteiger partial charge < -0.3 is 73.3 Å². The van der Waals surface area contributed by atoms with Crippen LogP contribution in [-0.4, -0.2) is 150 Å². The van der Waals surface area contributed by atoms with Crippen LogP contribution >= 0.6 is 0 Å². The van der Waals surface area contributed by atoms with E-state index >= 15 is 0 Å². The van der Waals surface area contributed by atoms with Gasteiger partial charge in [0.1, 0.15) is 40.6 Å². The molecule has 1 atom stereocenters. The SMILES string of the molecule is O=C(OCc1ccccc1)C(CCCOCC(COCO)(COCO)COCCO)CCOCC(COCO)(COCO)COCO. The van der Waals surface area contributed by atoms with E-state index in [0.717, 1.165) is 5.56 Å². The van der Waals surface area contributed by atoms with Crippen molar-refractivity contribution < 1.29 is 78.1 Å². The van der Waals surface area contributed by atoms with Crippen LogP contribution in [0.3, 0.4) is 0 Å². The number of carbonyl (C=O) groups excluding carboxylic acids is 1. The molecular weight excluding hydrogens is 628 g/mol. The fraction of sp³-hybridized carbons (Fsp3) is 0.774. The van der Waals surface area contributed by atoms with Crippen molar-refractivity contribution in [2.75, 3.05) is 113 Å². The molecular formula is C31H54O16. The highest BCUT2D eigenvalue weighted by Crippen LogP contribution is 2.23. The molecule has 0 heterocycles. The molecule has 1 aromatic rings. The molecule has 6 N–H and O–H groups in total. The van der Waals surface area contributed by atoms with Gasteiger partial charge >= 0.3 is 5.97 Å². The Morgan fingerprint density at radius 1 is 0.553 bits per heavy atom. The van der Waals surface area contributed by atoms with Crippen LogP contribution in [0.2, 0.25) is 0 Å². The summed E-state index contributed by atoms with van der Waals surface area (Å²) in [6, 6.07) is 9.28. The highest BCUT2D eigenvalue weighted by Gasteiger charge is 2.34. The number of aliphatic hydroxyl groups excluding tert-OH is 6. The molecule has 0 aliphatic rings. The summed E-state index contributed by atoms with van der Waals surface area (Å²) in [4.78, 5) is 13.2. The zero-order valence-corrected chi connectivity index (χ0v) is 27.1. The van der Waals surface area contributed by atoms with E-state index in [9.17, 15) is 15.0 Å². The van der Waals surface area contributed by atoms with Crippen LogP contribution < -0.4 is 0 Å². The molecule has 16 heteroatoms. The molecule has 16 nitrogen and oxygen atoms in total. The van der Waals surface area contributed by atoms with Gasteiger partial charge in [-0.15, -0.1) is 0 Å². The summed E-state index contributed by atoms with van der Waals surface area (Å²) in [7, 11) is 0. The molecule has 0 amide bonds. The molecule has 1 aromatic carbocycles. The van der Waals surface area contributed by atoms with Crippen molar-refractivity contribution in [1.82, 2.24) is 0 Å². The summed E-state index contributed by atoms with van der Waals surface area (Å²) in [6.45, 7) is -2.24. The summed E-state index contributed by atoms with van der Waals surface area (Å²) in [5.74, 6) is -0.945. The van der Waals surface area contributed by atoms with E-state index in [4.69, 9.17) is 63.1 Å². The maximum atomic E-state index is 13.2. The number of esters is 1. The van der Waals surface area contributed by atoms with Gasteiger partial charge in [-0.1, -0.05) is 30.3 Å². The first-order chi connectivity index (χ1) is 22.9. The van der Waals surface area contributed by atoms with Crippen molar-refractivity contribution >= 4 is 5.97 Å². The Morgan fingerprint density at radius 2 is 0.979 bits per heavy atom. The first kappa shape index (κ1) is 43.2. The number of aliphatic hydroxyl groups is 6. The van der Waals surface area contributed by atoms with Crippen LogP contribution in [0.15, 0.2) is 30.3 Å². The van der Waals surface area contributed by atoms with Gasteiger partial charge in [0, 0.05) is 13.2 Å². The monoisotopic (exact) mass is 682 g/mol. The molecule has 0 aromatic heterocycles. The Kier molecular flexibility index (Phi) is 25.7. The molecule has 0 spiro atoms.